The third-order valence-electron chi connectivity index (χ3n) is 1.71. The number of rotatable bonds is 6. The standard InChI is InChI=1S/C9H20.CH4O/c1-3-5-7-9-8-6-4-2;1-2/h3-9H2,1-2H3;2H,1H3. The summed E-state index contributed by atoms with van der Waals surface area (Å²) in [6, 6.07) is 0. The van der Waals surface area contributed by atoms with Crippen LogP contribution in [-0.2, 0) is 0 Å². The lowest BCUT2D eigenvalue weighted by Gasteiger charge is -1.96. The van der Waals surface area contributed by atoms with Gasteiger partial charge in [-0.2, -0.15) is 0 Å². The molecule has 0 amide bonds. The Hall–Kier alpha value is -0.0400. The molecule has 0 bridgehead atoms. The van der Waals surface area contributed by atoms with Gasteiger partial charge in [-0.3, -0.25) is 0 Å². The van der Waals surface area contributed by atoms with E-state index in [1.165, 1.54) is 44.9 Å². The van der Waals surface area contributed by atoms with E-state index in [2.05, 4.69) is 13.8 Å². The molecule has 0 heterocycles. The van der Waals surface area contributed by atoms with Gasteiger partial charge in [0.25, 0.3) is 0 Å². The SMILES string of the molecule is CCCCCCCCC.CO. The smallest absolute Gasteiger partial charge is 0.0319 e. The number of aliphatic hydroxyl groups excluding tert-OH is 1. The van der Waals surface area contributed by atoms with Crippen molar-refractivity contribution in [2.45, 2.75) is 58.8 Å². The lowest BCUT2D eigenvalue weighted by atomic mass is 10.1. The van der Waals surface area contributed by atoms with Gasteiger partial charge in [-0.15, -0.1) is 0 Å². The van der Waals surface area contributed by atoms with Crippen LogP contribution in [0.15, 0.2) is 0 Å². The van der Waals surface area contributed by atoms with Crippen LogP contribution >= 0.6 is 0 Å². The first-order chi connectivity index (χ1) is 5.41. The molecule has 0 saturated carbocycles. The molecule has 70 valence electrons. The van der Waals surface area contributed by atoms with Crippen molar-refractivity contribution in [3.8, 4) is 0 Å². The molecule has 0 aliphatic rings. The maximum atomic E-state index is 7.00. The normalized spacial score (nSPS) is 8.73. The molecule has 0 saturated heterocycles. The second kappa shape index (κ2) is 16.5. The van der Waals surface area contributed by atoms with Gasteiger partial charge < -0.3 is 5.11 Å². The van der Waals surface area contributed by atoms with E-state index in [0.29, 0.717) is 0 Å². The topological polar surface area (TPSA) is 20.2 Å². The maximum absolute atomic E-state index is 7.00. The number of hydrogen-bond donors (Lipinski definition) is 1. The Labute approximate surface area is 71.8 Å². The van der Waals surface area contributed by atoms with Crippen LogP contribution in [0, 0.1) is 0 Å². The first-order valence-corrected chi connectivity index (χ1v) is 4.86. The molecule has 11 heavy (non-hydrogen) atoms. The van der Waals surface area contributed by atoms with Gasteiger partial charge in [0.1, 0.15) is 0 Å². The quantitative estimate of drug-likeness (QED) is 0.591. The number of unbranched alkanes of at least 4 members (excludes halogenated alkanes) is 6. The van der Waals surface area contributed by atoms with Gasteiger partial charge in [-0.05, 0) is 0 Å². The van der Waals surface area contributed by atoms with E-state index < -0.39 is 0 Å². The predicted molar refractivity (Wildman–Crippen MR) is 51.8 cm³/mol. The van der Waals surface area contributed by atoms with Gasteiger partial charge in [0.05, 0.1) is 0 Å². The van der Waals surface area contributed by atoms with Crippen LogP contribution in [0.2, 0.25) is 0 Å². The molecule has 1 heteroatoms. The summed E-state index contributed by atoms with van der Waals surface area (Å²) in [7, 11) is 1.00. The van der Waals surface area contributed by atoms with E-state index in [1.54, 1.807) is 0 Å². The summed E-state index contributed by atoms with van der Waals surface area (Å²) in [5.74, 6) is 0. The van der Waals surface area contributed by atoms with E-state index in [9.17, 15) is 0 Å². The van der Waals surface area contributed by atoms with Crippen molar-refractivity contribution in [1.82, 2.24) is 0 Å². The molecule has 0 aliphatic heterocycles. The van der Waals surface area contributed by atoms with Crippen molar-refractivity contribution >= 4 is 0 Å². The molecule has 0 atom stereocenters. The van der Waals surface area contributed by atoms with Crippen molar-refractivity contribution in [3.63, 3.8) is 0 Å². The Morgan fingerprint density at radius 1 is 0.636 bits per heavy atom. The number of hydrogen-bond acceptors (Lipinski definition) is 1. The van der Waals surface area contributed by atoms with Crippen molar-refractivity contribution in [2.75, 3.05) is 7.11 Å². The molecule has 0 aromatic rings. The van der Waals surface area contributed by atoms with Crippen LogP contribution in [0.5, 0.6) is 0 Å². The molecule has 0 rings (SSSR count). The minimum Gasteiger partial charge on any atom is -0.400 e. The monoisotopic (exact) mass is 160 g/mol. The van der Waals surface area contributed by atoms with Gasteiger partial charge >= 0.3 is 0 Å². The third kappa shape index (κ3) is 17.8. The van der Waals surface area contributed by atoms with Crippen LogP contribution in [0.25, 0.3) is 0 Å². The van der Waals surface area contributed by atoms with Crippen LogP contribution in [-0.4, -0.2) is 12.2 Å². The summed E-state index contributed by atoms with van der Waals surface area (Å²) in [5.41, 5.74) is 0. The van der Waals surface area contributed by atoms with Gasteiger partial charge in [-0.1, -0.05) is 58.8 Å². The molecule has 0 aliphatic carbocycles. The minimum absolute atomic E-state index is 1.00. The predicted octanol–water partition coefficient (Wildman–Crippen LogP) is 3.37. The van der Waals surface area contributed by atoms with Crippen LogP contribution in [0.4, 0.5) is 0 Å². The zero-order valence-electron chi connectivity index (χ0n) is 8.40. The summed E-state index contributed by atoms with van der Waals surface area (Å²) in [4.78, 5) is 0. The second-order valence-electron chi connectivity index (χ2n) is 2.77. The Morgan fingerprint density at radius 3 is 1.18 bits per heavy atom. The molecule has 0 aromatic carbocycles. The third-order valence-corrected chi connectivity index (χ3v) is 1.71. The highest BCUT2D eigenvalue weighted by atomic mass is 16.2. The molecule has 1 N–H and O–H groups in total. The van der Waals surface area contributed by atoms with Gasteiger partial charge in [0.15, 0.2) is 0 Å². The van der Waals surface area contributed by atoms with Crippen molar-refractivity contribution in [1.29, 1.82) is 0 Å². The van der Waals surface area contributed by atoms with Crippen LogP contribution in [0.1, 0.15) is 58.8 Å². The average molecular weight is 160 g/mol. The fourth-order valence-electron chi connectivity index (χ4n) is 1.03. The second-order valence-corrected chi connectivity index (χ2v) is 2.77. The van der Waals surface area contributed by atoms with Crippen molar-refractivity contribution in [2.24, 2.45) is 0 Å². The number of aliphatic hydroxyl groups is 1. The zero-order valence-corrected chi connectivity index (χ0v) is 8.40. The Kier molecular flexibility index (Phi) is 20.3. The molecule has 0 fully saturated rings. The average Bonchev–Trinajstić information content (AvgIpc) is 2.08. The summed E-state index contributed by atoms with van der Waals surface area (Å²) in [5, 5.41) is 7.00. The van der Waals surface area contributed by atoms with Gasteiger partial charge in [0, 0.05) is 7.11 Å². The fourth-order valence-corrected chi connectivity index (χ4v) is 1.03. The summed E-state index contributed by atoms with van der Waals surface area (Å²) < 4.78 is 0. The van der Waals surface area contributed by atoms with E-state index in [1.807, 2.05) is 0 Å². The highest BCUT2D eigenvalue weighted by molar-refractivity contribution is 4.41. The lowest BCUT2D eigenvalue weighted by molar-refractivity contribution is 0.399. The first-order valence-electron chi connectivity index (χ1n) is 4.86. The van der Waals surface area contributed by atoms with Gasteiger partial charge in [0.2, 0.25) is 0 Å². The van der Waals surface area contributed by atoms with E-state index in [0.717, 1.165) is 7.11 Å². The Balaban J connectivity index is 0. The van der Waals surface area contributed by atoms with Crippen LogP contribution in [0.3, 0.4) is 0 Å². The summed E-state index contributed by atoms with van der Waals surface area (Å²) in [6.07, 6.45) is 9.97. The fraction of sp³-hybridized carbons (Fsp3) is 1.00. The first kappa shape index (κ1) is 13.5. The molecule has 1 nitrogen and oxygen atoms in total. The summed E-state index contributed by atoms with van der Waals surface area (Å²) >= 11 is 0. The van der Waals surface area contributed by atoms with Crippen molar-refractivity contribution < 1.29 is 5.11 Å². The highest BCUT2D eigenvalue weighted by Gasteiger charge is 1.85. The molecule has 0 aromatic heterocycles. The summed E-state index contributed by atoms with van der Waals surface area (Å²) in [6.45, 7) is 4.53. The Bertz CT molecular complexity index is 38.1. The van der Waals surface area contributed by atoms with E-state index >= 15 is 0 Å². The van der Waals surface area contributed by atoms with Gasteiger partial charge in [-0.25, -0.2) is 0 Å². The largest absolute Gasteiger partial charge is 0.400 e. The van der Waals surface area contributed by atoms with E-state index in [-0.39, 0.29) is 0 Å². The molecular weight excluding hydrogens is 136 g/mol. The van der Waals surface area contributed by atoms with Crippen molar-refractivity contribution in [3.05, 3.63) is 0 Å². The molecule has 0 spiro atoms. The minimum atomic E-state index is 1.00. The van der Waals surface area contributed by atoms with E-state index in [4.69, 9.17) is 5.11 Å². The maximum Gasteiger partial charge on any atom is 0.0319 e. The zero-order chi connectivity index (χ0) is 8.95. The highest BCUT2D eigenvalue weighted by Crippen LogP contribution is 2.05. The van der Waals surface area contributed by atoms with Crippen LogP contribution < -0.4 is 0 Å². The molecule has 0 radical (unpaired) electrons. The molecule has 0 unspecified atom stereocenters. The molecular formula is C10H24O. The lowest BCUT2D eigenvalue weighted by Crippen LogP contribution is -1.76. The Morgan fingerprint density at radius 2 is 0.909 bits per heavy atom.